The number of hydrogen-bond donors (Lipinski definition) is 1. The molecule has 8 heteroatoms. The van der Waals surface area contributed by atoms with Gasteiger partial charge in [0, 0.05) is 25.1 Å². The normalized spacial score (nSPS) is 23.7. The number of hydrogen-bond acceptors (Lipinski definition) is 6. The molecule has 2 fully saturated rings. The molecule has 0 saturated carbocycles. The number of rotatable bonds is 9. The van der Waals surface area contributed by atoms with E-state index in [-0.39, 0.29) is 35.7 Å². The van der Waals surface area contributed by atoms with E-state index in [1.807, 2.05) is 11.8 Å². The van der Waals surface area contributed by atoms with Crippen molar-refractivity contribution < 1.29 is 23.9 Å². The lowest BCUT2D eigenvalue weighted by molar-refractivity contribution is -0.145. The van der Waals surface area contributed by atoms with Crippen LogP contribution < -0.4 is 10.5 Å². The third-order valence-corrected chi connectivity index (χ3v) is 6.73. The summed E-state index contributed by atoms with van der Waals surface area (Å²) in [4.78, 5) is 41.0. The smallest absolute Gasteiger partial charge is 0.306 e. The molecule has 2 N–H and O–H groups in total. The van der Waals surface area contributed by atoms with Crippen molar-refractivity contribution in [2.75, 3.05) is 39.9 Å². The minimum atomic E-state index is -0.273. The largest absolute Gasteiger partial charge is 0.497 e. The number of carbonyl (C=O) groups excluding carboxylic acids is 3. The lowest BCUT2D eigenvalue weighted by Gasteiger charge is -2.39. The summed E-state index contributed by atoms with van der Waals surface area (Å²) in [7, 11) is 1.60. The zero-order valence-electron chi connectivity index (χ0n) is 19.1. The van der Waals surface area contributed by atoms with Crippen LogP contribution in [-0.2, 0) is 14.3 Å². The number of nitrogens with two attached hydrogens (primary N) is 1. The molecule has 32 heavy (non-hydrogen) atoms. The highest BCUT2D eigenvalue weighted by Gasteiger charge is 2.35. The van der Waals surface area contributed by atoms with Crippen molar-refractivity contribution >= 4 is 17.8 Å². The molecule has 2 heterocycles. The molecule has 0 spiro atoms. The van der Waals surface area contributed by atoms with Crippen LogP contribution in [0.5, 0.6) is 5.75 Å². The van der Waals surface area contributed by atoms with Crippen molar-refractivity contribution in [3.05, 3.63) is 29.8 Å². The maximum atomic E-state index is 13.1. The van der Waals surface area contributed by atoms with Gasteiger partial charge >= 0.3 is 5.97 Å². The van der Waals surface area contributed by atoms with Gasteiger partial charge in [0.1, 0.15) is 5.75 Å². The lowest BCUT2D eigenvalue weighted by atomic mass is 9.80. The summed E-state index contributed by atoms with van der Waals surface area (Å²) in [5, 5.41) is 0. The Hall–Kier alpha value is -2.61. The molecule has 8 nitrogen and oxygen atoms in total. The molecule has 3 rings (SSSR count). The van der Waals surface area contributed by atoms with E-state index in [0.29, 0.717) is 37.4 Å². The summed E-state index contributed by atoms with van der Waals surface area (Å²) < 4.78 is 10.4. The number of amides is 2. The first-order valence-electron chi connectivity index (χ1n) is 11.5. The van der Waals surface area contributed by atoms with Gasteiger partial charge in [-0.3, -0.25) is 19.3 Å². The fraction of sp³-hybridized carbons (Fsp3) is 0.625. The Morgan fingerprint density at radius 2 is 1.84 bits per heavy atom. The predicted octanol–water partition coefficient (Wildman–Crippen LogP) is 2.07. The molecule has 0 aliphatic carbocycles. The molecule has 3 atom stereocenters. The van der Waals surface area contributed by atoms with E-state index in [1.54, 1.807) is 31.4 Å². The molecule has 2 aliphatic heterocycles. The highest BCUT2D eigenvalue weighted by atomic mass is 16.5. The first kappa shape index (κ1) is 24.0. The van der Waals surface area contributed by atoms with Crippen molar-refractivity contribution in [1.82, 2.24) is 9.80 Å². The third kappa shape index (κ3) is 6.00. The van der Waals surface area contributed by atoms with Crippen molar-refractivity contribution in [3.8, 4) is 5.75 Å². The van der Waals surface area contributed by atoms with Gasteiger partial charge in [-0.2, -0.15) is 0 Å². The Balaban J connectivity index is 1.67. The molecular weight excluding hydrogens is 410 g/mol. The second-order valence-corrected chi connectivity index (χ2v) is 8.68. The maximum absolute atomic E-state index is 13.1. The Morgan fingerprint density at radius 1 is 1.09 bits per heavy atom. The molecule has 3 unspecified atom stereocenters. The van der Waals surface area contributed by atoms with E-state index in [0.717, 1.165) is 38.8 Å². The molecule has 0 aromatic heterocycles. The second kappa shape index (κ2) is 11.3. The Labute approximate surface area is 190 Å². The number of esters is 1. The predicted molar refractivity (Wildman–Crippen MR) is 120 cm³/mol. The zero-order valence-corrected chi connectivity index (χ0v) is 19.1. The Bertz CT molecular complexity index is 797. The van der Waals surface area contributed by atoms with Crippen LogP contribution in [0.25, 0.3) is 0 Å². The third-order valence-electron chi connectivity index (χ3n) is 6.73. The van der Waals surface area contributed by atoms with Gasteiger partial charge in [-0.25, -0.2) is 0 Å². The number of likely N-dealkylation sites (tertiary alicyclic amines) is 2. The average Bonchev–Trinajstić information content (AvgIpc) is 3.27. The minimum Gasteiger partial charge on any atom is -0.497 e. The zero-order chi connectivity index (χ0) is 23.1. The van der Waals surface area contributed by atoms with Gasteiger partial charge in [0.2, 0.25) is 5.91 Å². The summed E-state index contributed by atoms with van der Waals surface area (Å²) in [6, 6.07) is 6.93. The molecular formula is C24H35N3O5. The van der Waals surface area contributed by atoms with Gasteiger partial charge in [0.25, 0.3) is 5.91 Å². The summed E-state index contributed by atoms with van der Waals surface area (Å²) >= 11 is 0. The number of piperidine rings is 1. The van der Waals surface area contributed by atoms with Crippen LogP contribution in [0.3, 0.4) is 0 Å². The quantitative estimate of drug-likeness (QED) is 0.584. The van der Waals surface area contributed by atoms with Gasteiger partial charge < -0.3 is 20.1 Å². The molecule has 176 valence electrons. The molecule has 1 aromatic rings. The van der Waals surface area contributed by atoms with E-state index in [1.165, 1.54) is 0 Å². The molecule has 0 bridgehead atoms. The molecule has 0 radical (unpaired) electrons. The van der Waals surface area contributed by atoms with E-state index < -0.39 is 0 Å². The van der Waals surface area contributed by atoms with Crippen LogP contribution in [0.2, 0.25) is 0 Å². The summed E-state index contributed by atoms with van der Waals surface area (Å²) in [6.45, 7) is 4.97. The molecule has 2 aliphatic rings. The van der Waals surface area contributed by atoms with Crippen LogP contribution in [-0.4, -0.2) is 73.5 Å². The number of primary amides is 1. The highest BCUT2D eigenvalue weighted by molar-refractivity contribution is 5.94. The van der Waals surface area contributed by atoms with Gasteiger partial charge in [0.05, 0.1) is 19.8 Å². The van der Waals surface area contributed by atoms with Gasteiger partial charge in [-0.15, -0.1) is 0 Å². The first-order valence-corrected chi connectivity index (χ1v) is 11.5. The average molecular weight is 446 g/mol. The number of carbonyl (C=O) groups is 3. The van der Waals surface area contributed by atoms with Crippen molar-refractivity contribution in [1.29, 1.82) is 0 Å². The van der Waals surface area contributed by atoms with Crippen molar-refractivity contribution in [2.24, 2.45) is 17.6 Å². The summed E-state index contributed by atoms with van der Waals surface area (Å²) in [6.07, 6.45) is 3.69. The van der Waals surface area contributed by atoms with Crippen molar-refractivity contribution in [3.63, 3.8) is 0 Å². The van der Waals surface area contributed by atoms with E-state index in [4.69, 9.17) is 15.2 Å². The van der Waals surface area contributed by atoms with Crippen molar-refractivity contribution in [2.45, 2.75) is 45.1 Å². The van der Waals surface area contributed by atoms with E-state index in [9.17, 15) is 14.4 Å². The number of ether oxygens (including phenoxy) is 2. The maximum Gasteiger partial charge on any atom is 0.306 e. The van der Waals surface area contributed by atoms with Crippen LogP contribution in [0.4, 0.5) is 0 Å². The number of benzene rings is 1. The van der Waals surface area contributed by atoms with E-state index >= 15 is 0 Å². The Morgan fingerprint density at radius 3 is 2.50 bits per heavy atom. The minimum absolute atomic E-state index is 0.0107. The summed E-state index contributed by atoms with van der Waals surface area (Å²) in [5.74, 6) is 0.554. The molecule has 2 amide bonds. The highest BCUT2D eigenvalue weighted by Crippen LogP contribution is 2.31. The summed E-state index contributed by atoms with van der Waals surface area (Å²) in [5.41, 5.74) is 6.19. The van der Waals surface area contributed by atoms with Gasteiger partial charge in [0.15, 0.2) is 0 Å². The van der Waals surface area contributed by atoms with Crippen LogP contribution in [0.15, 0.2) is 24.3 Å². The lowest BCUT2D eigenvalue weighted by Crippen LogP contribution is -2.46. The second-order valence-electron chi connectivity index (χ2n) is 8.68. The molecule has 1 aromatic carbocycles. The standard InChI is InChI=1S/C24H35N3O5/c1-3-32-22(28)15-18-10-14-27(24(30)17-6-8-20(31-2)9-7-17)16-19(18)11-13-26-12-4-5-21(26)23(25)29/h6-9,18-19,21H,3-5,10-16H2,1-2H3,(H2,25,29). The van der Waals surface area contributed by atoms with Crippen LogP contribution in [0.1, 0.15) is 49.4 Å². The monoisotopic (exact) mass is 445 g/mol. The fourth-order valence-electron chi connectivity index (χ4n) is 4.96. The van der Waals surface area contributed by atoms with Crippen LogP contribution in [0, 0.1) is 11.8 Å². The van der Waals surface area contributed by atoms with Gasteiger partial charge in [-0.05, 0) is 81.8 Å². The number of methoxy groups -OCH3 is 1. The molecule has 2 saturated heterocycles. The Kier molecular flexibility index (Phi) is 8.50. The topological polar surface area (TPSA) is 102 Å². The fourth-order valence-corrected chi connectivity index (χ4v) is 4.96. The van der Waals surface area contributed by atoms with E-state index in [2.05, 4.69) is 4.90 Å². The SMILES string of the molecule is CCOC(=O)CC1CCN(C(=O)c2ccc(OC)cc2)CC1CCN1CCCC1C(N)=O. The van der Waals surface area contributed by atoms with Crippen LogP contribution >= 0.6 is 0 Å². The first-order chi connectivity index (χ1) is 15.4. The van der Waals surface area contributed by atoms with Gasteiger partial charge in [-0.1, -0.05) is 0 Å². The number of nitrogens with zero attached hydrogens (tertiary/aromatic N) is 2.